The van der Waals surface area contributed by atoms with E-state index in [1.165, 1.54) is 11.1 Å². The molecule has 1 aliphatic rings. The molecule has 1 heterocycles. The molecule has 1 rings (SSSR count). The largest absolute Gasteiger partial charge is 0.385 e. The van der Waals surface area contributed by atoms with Crippen LogP contribution in [0.1, 0.15) is 41.5 Å². The van der Waals surface area contributed by atoms with Crippen LogP contribution in [-0.2, 0) is 0 Å². The van der Waals surface area contributed by atoms with E-state index >= 15 is 0 Å². The van der Waals surface area contributed by atoms with Gasteiger partial charge in [0.2, 0.25) is 0 Å². The van der Waals surface area contributed by atoms with Crippen LogP contribution >= 0.6 is 0 Å². The van der Waals surface area contributed by atoms with Gasteiger partial charge in [0.15, 0.2) is 0 Å². The maximum atomic E-state index is 3.39. The summed E-state index contributed by atoms with van der Waals surface area (Å²) in [5.74, 6) is 0.616. The van der Waals surface area contributed by atoms with Crippen LogP contribution < -0.4 is 5.32 Å². The number of dihydropyridines is 1. The molecule has 0 amide bonds. The van der Waals surface area contributed by atoms with Crippen LogP contribution in [0.25, 0.3) is 0 Å². The first kappa shape index (κ1) is 11.4. The standard InChI is InChI=1S/C13H23N/c1-9(2)11-7-10(3)14-8-12(11)13(4,5)6/h7-10,14H,1-6H3. The normalized spacial score (nSPS) is 22.9. The third-order valence-electron chi connectivity index (χ3n) is 2.66. The van der Waals surface area contributed by atoms with E-state index in [2.05, 4.69) is 59.1 Å². The molecule has 0 saturated carbocycles. The summed E-state index contributed by atoms with van der Waals surface area (Å²) in [7, 11) is 0. The van der Waals surface area contributed by atoms with E-state index in [1.54, 1.807) is 0 Å². The van der Waals surface area contributed by atoms with Gasteiger partial charge in [0.25, 0.3) is 0 Å². The molecule has 0 aliphatic carbocycles. The molecule has 1 N–H and O–H groups in total. The minimum atomic E-state index is 0.239. The molecule has 1 unspecified atom stereocenters. The van der Waals surface area contributed by atoms with Crippen molar-refractivity contribution in [1.29, 1.82) is 0 Å². The number of nitrogens with one attached hydrogen (secondary N) is 1. The number of allylic oxidation sites excluding steroid dienone is 2. The fourth-order valence-electron chi connectivity index (χ4n) is 1.86. The summed E-state index contributed by atoms with van der Waals surface area (Å²) >= 11 is 0. The van der Waals surface area contributed by atoms with Gasteiger partial charge in [-0.1, -0.05) is 40.7 Å². The van der Waals surface area contributed by atoms with E-state index in [0.29, 0.717) is 12.0 Å². The van der Waals surface area contributed by atoms with E-state index in [-0.39, 0.29) is 5.41 Å². The van der Waals surface area contributed by atoms with Gasteiger partial charge in [0, 0.05) is 12.2 Å². The Bertz CT molecular complexity index is 263. The molecule has 0 aromatic carbocycles. The lowest BCUT2D eigenvalue weighted by molar-refractivity contribution is 0.483. The SMILES string of the molecule is CC1C=C(C(C)C)C(C(C)(C)C)=CN1. The van der Waals surface area contributed by atoms with Crippen LogP contribution in [0.5, 0.6) is 0 Å². The highest BCUT2D eigenvalue weighted by Gasteiger charge is 2.24. The average Bonchev–Trinajstić information content (AvgIpc) is 2.01. The van der Waals surface area contributed by atoms with Gasteiger partial charge in [0.1, 0.15) is 0 Å². The van der Waals surface area contributed by atoms with Gasteiger partial charge in [-0.05, 0) is 29.4 Å². The maximum absolute atomic E-state index is 3.39. The Hall–Kier alpha value is -0.720. The van der Waals surface area contributed by atoms with Crippen molar-refractivity contribution in [2.75, 3.05) is 0 Å². The van der Waals surface area contributed by atoms with Crippen LogP contribution in [0, 0.1) is 11.3 Å². The van der Waals surface area contributed by atoms with Crippen molar-refractivity contribution < 1.29 is 0 Å². The lowest BCUT2D eigenvalue weighted by atomic mass is 9.77. The summed E-state index contributed by atoms with van der Waals surface area (Å²) in [6.07, 6.45) is 4.55. The number of rotatable bonds is 1. The second kappa shape index (κ2) is 3.80. The first-order valence-electron chi connectivity index (χ1n) is 5.51. The molecule has 1 nitrogen and oxygen atoms in total. The molecule has 0 aromatic rings. The summed E-state index contributed by atoms with van der Waals surface area (Å²) < 4.78 is 0. The van der Waals surface area contributed by atoms with Crippen molar-refractivity contribution in [1.82, 2.24) is 5.32 Å². The first-order valence-corrected chi connectivity index (χ1v) is 5.51. The van der Waals surface area contributed by atoms with Crippen molar-refractivity contribution in [3.8, 4) is 0 Å². The molecule has 0 fully saturated rings. The van der Waals surface area contributed by atoms with Gasteiger partial charge in [0.05, 0.1) is 0 Å². The highest BCUT2D eigenvalue weighted by Crippen LogP contribution is 2.35. The van der Waals surface area contributed by atoms with E-state index in [0.717, 1.165) is 0 Å². The Balaban J connectivity index is 3.01. The van der Waals surface area contributed by atoms with Gasteiger partial charge in [-0.15, -0.1) is 0 Å². The lowest BCUT2D eigenvalue weighted by Crippen LogP contribution is -2.28. The van der Waals surface area contributed by atoms with Crippen LogP contribution in [0.3, 0.4) is 0 Å². The fraction of sp³-hybridized carbons (Fsp3) is 0.692. The van der Waals surface area contributed by atoms with Gasteiger partial charge >= 0.3 is 0 Å². The average molecular weight is 193 g/mol. The zero-order chi connectivity index (χ0) is 10.9. The highest BCUT2D eigenvalue weighted by molar-refractivity contribution is 5.39. The summed E-state index contributed by atoms with van der Waals surface area (Å²) in [6.45, 7) is 13.5. The molecular weight excluding hydrogens is 170 g/mol. The maximum Gasteiger partial charge on any atom is 0.0416 e. The van der Waals surface area contributed by atoms with Crippen molar-refractivity contribution in [2.45, 2.75) is 47.6 Å². The lowest BCUT2D eigenvalue weighted by Gasteiger charge is -2.32. The fourth-order valence-corrected chi connectivity index (χ4v) is 1.86. The Morgan fingerprint density at radius 1 is 1.29 bits per heavy atom. The Kier molecular flexibility index (Phi) is 3.08. The molecule has 0 saturated heterocycles. The highest BCUT2D eigenvalue weighted by atomic mass is 14.9. The molecule has 1 aliphatic heterocycles. The molecule has 0 spiro atoms. The minimum Gasteiger partial charge on any atom is -0.385 e. The third-order valence-corrected chi connectivity index (χ3v) is 2.66. The first-order chi connectivity index (χ1) is 6.32. The predicted molar refractivity (Wildman–Crippen MR) is 63.1 cm³/mol. The summed E-state index contributed by atoms with van der Waals surface area (Å²) in [6, 6.07) is 0.471. The Labute approximate surface area is 88.3 Å². The second-order valence-electron chi connectivity index (χ2n) is 5.54. The van der Waals surface area contributed by atoms with Crippen LogP contribution in [0.2, 0.25) is 0 Å². The van der Waals surface area contributed by atoms with Crippen LogP contribution in [-0.4, -0.2) is 6.04 Å². The monoisotopic (exact) mass is 193 g/mol. The van der Waals surface area contributed by atoms with E-state index in [1.807, 2.05) is 0 Å². The molecular formula is C13H23N. The van der Waals surface area contributed by atoms with Gasteiger partial charge < -0.3 is 5.32 Å². The summed E-state index contributed by atoms with van der Waals surface area (Å²) in [4.78, 5) is 0. The van der Waals surface area contributed by atoms with Crippen molar-refractivity contribution in [3.05, 3.63) is 23.4 Å². The molecule has 1 heteroatoms. The zero-order valence-corrected chi connectivity index (χ0v) is 10.3. The molecule has 0 aromatic heterocycles. The summed E-state index contributed by atoms with van der Waals surface area (Å²) in [5.41, 5.74) is 3.19. The molecule has 1 atom stereocenters. The van der Waals surface area contributed by atoms with Gasteiger partial charge in [-0.3, -0.25) is 0 Å². The Morgan fingerprint density at radius 2 is 1.86 bits per heavy atom. The number of hydrogen-bond acceptors (Lipinski definition) is 1. The van der Waals surface area contributed by atoms with Crippen LogP contribution in [0.15, 0.2) is 23.4 Å². The van der Waals surface area contributed by atoms with Crippen LogP contribution in [0.4, 0.5) is 0 Å². The molecule has 80 valence electrons. The zero-order valence-electron chi connectivity index (χ0n) is 10.3. The van der Waals surface area contributed by atoms with Crippen molar-refractivity contribution in [3.63, 3.8) is 0 Å². The Morgan fingerprint density at radius 3 is 2.29 bits per heavy atom. The van der Waals surface area contributed by atoms with E-state index < -0.39 is 0 Å². The predicted octanol–water partition coefficient (Wildman–Crippen LogP) is 3.49. The van der Waals surface area contributed by atoms with E-state index in [9.17, 15) is 0 Å². The smallest absolute Gasteiger partial charge is 0.0416 e. The molecule has 0 bridgehead atoms. The minimum absolute atomic E-state index is 0.239. The van der Waals surface area contributed by atoms with Gasteiger partial charge in [-0.2, -0.15) is 0 Å². The number of hydrogen-bond donors (Lipinski definition) is 1. The quantitative estimate of drug-likeness (QED) is 0.672. The van der Waals surface area contributed by atoms with E-state index in [4.69, 9.17) is 0 Å². The van der Waals surface area contributed by atoms with Crippen molar-refractivity contribution >= 4 is 0 Å². The van der Waals surface area contributed by atoms with Gasteiger partial charge in [-0.25, -0.2) is 0 Å². The van der Waals surface area contributed by atoms with Crippen molar-refractivity contribution in [2.24, 2.45) is 11.3 Å². The summed E-state index contributed by atoms with van der Waals surface area (Å²) in [5, 5.41) is 3.39. The topological polar surface area (TPSA) is 12.0 Å². The second-order valence-corrected chi connectivity index (χ2v) is 5.54. The third kappa shape index (κ3) is 2.40. The molecule has 14 heavy (non-hydrogen) atoms. The molecule has 0 radical (unpaired) electrons.